The summed E-state index contributed by atoms with van der Waals surface area (Å²) in [5, 5.41) is 11.4. The highest BCUT2D eigenvalue weighted by Gasteiger charge is 2.47. The number of ether oxygens (including phenoxy) is 3. The third-order valence-electron chi connectivity index (χ3n) is 6.23. The molecule has 0 radical (unpaired) electrons. The lowest BCUT2D eigenvalue weighted by Gasteiger charge is -2.26. The number of hydrogen-bond acceptors (Lipinski definition) is 7. The summed E-state index contributed by atoms with van der Waals surface area (Å²) in [6, 6.07) is 17.3. The van der Waals surface area contributed by atoms with E-state index >= 15 is 0 Å². The molecule has 196 valence electrons. The van der Waals surface area contributed by atoms with Gasteiger partial charge < -0.3 is 19.3 Å². The number of hydrogen-bond donors (Lipinski definition) is 1. The number of aliphatic hydroxyl groups excluding tert-OH is 1. The topological polar surface area (TPSA) is 102 Å². The number of nitrogens with zero attached hydrogens (tertiary/aromatic N) is 1. The number of amides is 1. The van der Waals surface area contributed by atoms with E-state index in [-0.39, 0.29) is 23.0 Å². The van der Waals surface area contributed by atoms with Crippen LogP contribution in [-0.2, 0) is 14.3 Å². The largest absolute Gasteiger partial charge is 0.507 e. The maximum Gasteiger partial charge on any atom is 0.337 e. The van der Waals surface area contributed by atoms with Crippen LogP contribution in [0.5, 0.6) is 11.5 Å². The molecule has 1 N–H and O–H groups in total. The Morgan fingerprint density at radius 3 is 2.26 bits per heavy atom. The van der Waals surface area contributed by atoms with Gasteiger partial charge in [-0.1, -0.05) is 18.2 Å². The number of benzene rings is 3. The van der Waals surface area contributed by atoms with E-state index in [2.05, 4.69) is 0 Å². The number of esters is 1. The summed E-state index contributed by atoms with van der Waals surface area (Å²) >= 11 is 0. The Labute approximate surface area is 221 Å². The predicted octanol–water partition coefficient (Wildman–Crippen LogP) is 5.20. The summed E-state index contributed by atoms with van der Waals surface area (Å²) in [5.41, 5.74) is 2.18. The SMILES string of the molecule is COC(=O)c1cccc(N2C(=O)C(=O)/C(=C(/O)c3ccc(OC(C)C)c(C)c3)C2c2ccc(OC)cc2)c1. The number of aryl methyl sites for hydroxylation is 1. The van der Waals surface area contributed by atoms with Crippen LogP contribution >= 0.6 is 0 Å². The summed E-state index contributed by atoms with van der Waals surface area (Å²) in [6.07, 6.45) is -0.0331. The van der Waals surface area contributed by atoms with Crippen molar-refractivity contribution in [2.75, 3.05) is 19.1 Å². The van der Waals surface area contributed by atoms with E-state index in [0.29, 0.717) is 28.3 Å². The van der Waals surface area contributed by atoms with Crippen LogP contribution in [0.25, 0.3) is 5.76 Å². The van der Waals surface area contributed by atoms with Gasteiger partial charge in [0.1, 0.15) is 17.3 Å². The number of methoxy groups -OCH3 is 2. The van der Waals surface area contributed by atoms with E-state index in [9.17, 15) is 19.5 Å². The average Bonchev–Trinajstić information content (AvgIpc) is 3.18. The van der Waals surface area contributed by atoms with Gasteiger partial charge in [-0.2, -0.15) is 0 Å². The van der Waals surface area contributed by atoms with Gasteiger partial charge in [0.2, 0.25) is 0 Å². The van der Waals surface area contributed by atoms with Crippen molar-refractivity contribution in [1.82, 2.24) is 0 Å². The molecule has 0 saturated carbocycles. The van der Waals surface area contributed by atoms with Crippen molar-refractivity contribution >= 4 is 29.1 Å². The molecule has 38 heavy (non-hydrogen) atoms. The molecule has 8 heteroatoms. The lowest BCUT2D eigenvalue weighted by Crippen LogP contribution is -2.29. The second-order valence-corrected chi connectivity index (χ2v) is 9.13. The standard InChI is InChI=1S/C30H29NO7/c1-17(2)38-24-14-11-20(15-18(24)3)27(32)25-26(19-9-12-23(36-4)13-10-19)31(29(34)28(25)33)22-8-6-7-21(16-22)30(35)37-5/h6-17,26,32H,1-5H3/b27-25+. The minimum Gasteiger partial charge on any atom is -0.507 e. The second-order valence-electron chi connectivity index (χ2n) is 9.13. The van der Waals surface area contributed by atoms with Crippen LogP contribution in [0.15, 0.2) is 72.3 Å². The molecule has 8 nitrogen and oxygen atoms in total. The van der Waals surface area contributed by atoms with Crippen molar-refractivity contribution in [1.29, 1.82) is 0 Å². The fourth-order valence-corrected chi connectivity index (χ4v) is 4.44. The number of aliphatic hydroxyl groups is 1. The molecular weight excluding hydrogens is 486 g/mol. The lowest BCUT2D eigenvalue weighted by molar-refractivity contribution is -0.132. The minimum atomic E-state index is -0.958. The molecule has 0 spiro atoms. The van der Waals surface area contributed by atoms with Crippen LogP contribution in [0.2, 0.25) is 0 Å². The molecule has 1 unspecified atom stereocenters. The maximum absolute atomic E-state index is 13.4. The number of carbonyl (C=O) groups is 3. The molecule has 3 aromatic rings. The van der Waals surface area contributed by atoms with Crippen LogP contribution in [0.1, 0.15) is 46.9 Å². The number of rotatable bonds is 7. The Morgan fingerprint density at radius 2 is 1.66 bits per heavy atom. The molecule has 1 heterocycles. The smallest absolute Gasteiger partial charge is 0.337 e. The first-order chi connectivity index (χ1) is 18.2. The average molecular weight is 516 g/mol. The molecule has 1 amide bonds. The van der Waals surface area contributed by atoms with E-state index in [0.717, 1.165) is 5.56 Å². The molecular formula is C30H29NO7. The summed E-state index contributed by atoms with van der Waals surface area (Å²) in [7, 11) is 2.80. The van der Waals surface area contributed by atoms with Gasteiger partial charge in [0.25, 0.3) is 11.7 Å². The minimum absolute atomic E-state index is 0.0331. The molecule has 1 saturated heterocycles. The van der Waals surface area contributed by atoms with Gasteiger partial charge in [0, 0.05) is 11.3 Å². The first-order valence-corrected chi connectivity index (χ1v) is 12.1. The number of ketones is 1. The Hall–Kier alpha value is -4.59. The molecule has 1 fully saturated rings. The monoisotopic (exact) mass is 515 g/mol. The highest BCUT2D eigenvalue weighted by molar-refractivity contribution is 6.51. The van der Waals surface area contributed by atoms with E-state index in [1.54, 1.807) is 60.7 Å². The predicted molar refractivity (Wildman–Crippen MR) is 143 cm³/mol. The normalized spacial score (nSPS) is 16.6. The molecule has 0 bridgehead atoms. The molecule has 3 aromatic carbocycles. The lowest BCUT2D eigenvalue weighted by atomic mass is 9.94. The van der Waals surface area contributed by atoms with Crippen LogP contribution in [0.3, 0.4) is 0 Å². The molecule has 1 aliphatic heterocycles. The van der Waals surface area contributed by atoms with Crippen molar-refractivity contribution in [2.24, 2.45) is 0 Å². The van der Waals surface area contributed by atoms with Gasteiger partial charge in [0.15, 0.2) is 0 Å². The van der Waals surface area contributed by atoms with Gasteiger partial charge in [0.05, 0.1) is 37.5 Å². The molecule has 1 aliphatic rings. The highest BCUT2D eigenvalue weighted by Crippen LogP contribution is 2.43. The Balaban J connectivity index is 1.90. The third-order valence-corrected chi connectivity index (χ3v) is 6.23. The third kappa shape index (κ3) is 4.98. The van der Waals surface area contributed by atoms with Gasteiger partial charge in [-0.15, -0.1) is 0 Å². The molecule has 1 atom stereocenters. The fraction of sp³-hybridized carbons (Fsp3) is 0.233. The van der Waals surface area contributed by atoms with Crippen LogP contribution in [0, 0.1) is 6.92 Å². The summed E-state index contributed by atoms with van der Waals surface area (Å²) in [5.74, 6) is -1.31. The zero-order valence-electron chi connectivity index (χ0n) is 21.8. The van der Waals surface area contributed by atoms with E-state index in [4.69, 9.17) is 14.2 Å². The summed E-state index contributed by atoms with van der Waals surface area (Å²) < 4.78 is 15.9. The van der Waals surface area contributed by atoms with Gasteiger partial charge in [-0.25, -0.2) is 4.79 Å². The fourth-order valence-electron chi connectivity index (χ4n) is 4.44. The van der Waals surface area contributed by atoms with Crippen LogP contribution in [-0.4, -0.2) is 43.1 Å². The molecule has 4 rings (SSSR count). The zero-order chi connectivity index (χ0) is 27.6. The Bertz CT molecular complexity index is 1420. The van der Waals surface area contributed by atoms with Crippen molar-refractivity contribution in [2.45, 2.75) is 32.9 Å². The van der Waals surface area contributed by atoms with Crippen molar-refractivity contribution in [3.05, 3.63) is 94.6 Å². The number of anilines is 1. The molecule has 0 aliphatic carbocycles. The number of carbonyl (C=O) groups excluding carboxylic acids is 3. The highest BCUT2D eigenvalue weighted by atomic mass is 16.5. The summed E-state index contributed by atoms with van der Waals surface area (Å²) in [4.78, 5) is 40.3. The Kier molecular flexibility index (Phi) is 7.52. The van der Waals surface area contributed by atoms with Crippen molar-refractivity contribution in [3.8, 4) is 11.5 Å². The van der Waals surface area contributed by atoms with Crippen molar-refractivity contribution in [3.63, 3.8) is 0 Å². The van der Waals surface area contributed by atoms with E-state index in [1.165, 1.54) is 25.2 Å². The quantitative estimate of drug-likeness (QED) is 0.200. The van der Waals surface area contributed by atoms with E-state index in [1.807, 2.05) is 20.8 Å². The Morgan fingerprint density at radius 1 is 0.947 bits per heavy atom. The first kappa shape index (κ1) is 26.5. The second kappa shape index (κ2) is 10.8. The van der Waals surface area contributed by atoms with E-state index < -0.39 is 23.7 Å². The maximum atomic E-state index is 13.4. The van der Waals surface area contributed by atoms with Gasteiger partial charge >= 0.3 is 5.97 Å². The van der Waals surface area contributed by atoms with Gasteiger partial charge in [-0.05, 0) is 80.4 Å². The van der Waals surface area contributed by atoms with Crippen LogP contribution < -0.4 is 14.4 Å². The van der Waals surface area contributed by atoms with Gasteiger partial charge in [-0.3, -0.25) is 14.5 Å². The van der Waals surface area contributed by atoms with Crippen molar-refractivity contribution < 1.29 is 33.7 Å². The summed E-state index contributed by atoms with van der Waals surface area (Å²) in [6.45, 7) is 5.67. The zero-order valence-corrected chi connectivity index (χ0v) is 21.8. The van der Waals surface area contributed by atoms with Crippen LogP contribution in [0.4, 0.5) is 5.69 Å². The number of Topliss-reactive ketones (excluding diaryl/α,β-unsaturated/α-hetero) is 1. The first-order valence-electron chi connectivity index (χ1n) is 12.1. The molecule has 0 aromatic heterocycles.